The second-order valence-electron chi connectivity index (χ2n) is 6.79. The SMILES string of the molecule is CCc1ccc(CC(C)(C)C2CCC(C)CC2=O)s1. The smallest absolute Gasteiger partial charge is 0.136 e. The molecule has 0 amide bonds. The van der Waals surface area contributed by atoms with Crippen LogP contribution >= 0.6 is 11.3 Å². The van der Waals surface area contributed by atoms with Crippen molar-refractivity contribution in [2.75, 3.05) is 0 Å². The van der Waals surface area contributed by atoms with Crippen LogP contribution in [0.15, 0.2) is 12.1 Å². The molecule has 1 aliphatic carbocycles. The number of hydrogen-bond donors (Lipinski definition) is 0. The first-order valence-corrected chi connectivity index (χ1v) is 8.34. The van der Waals surface area contributed by atoms with Gasteiger partial charge in [0, 0.05) is 22.1 Å². The van der Waals surface area contributed by atoms with Gasteiger partial charge in [-0.05, 0) is 49.1 Å². The number of thiophene rings is 1. The highest BCUT2D eigenvalue weighted by Crippen LogP contribution is 2.41. The van der Waals surface area contributed by atoms with Gasteiger partial charge in [0.2, 0.25) is 0 Å². The van der Waals surface area contributed by atoms with Gasteiger partial charge in [-0.3, -0.25) is 4.79 Å². The minimum atomic E-state index is 0.104. The van der Waals surface area contributed by atoms with Crippen LogP contribution in [0.3, 0.4) is 0 Å². The van der Waals surface area contributed by atoms with E-state index in [1.807, 2.05) is 11.3 Å². The molecule has 1 heterocycles. The third kappa shape index (κ3) is 3.47. The van der Waals surface area contributed by atoms with Crippen molar-refractivity contribution in [3.63, 3.8) is 0 Å². The molecule has 0 radical (unpaired) electrons. The monoisotopic (exact) mass is 278 g/mol. The van der Waals surface area contributed by atoms with Gasteiger partial charge in [-0.25, -0.2) is 0 Å². The quantitative estimate of drug-likeness (QED) is 0.767. The van der Waals surface area contributed by atoms with Crippen LogP contribution in [-0.2, 0) is 17.6 Å². The Balaban J connectivity index is 2.06. The van der Waals surface area contributed by atoms with E-state index in [1.165, 1.54) is 16.2 Å². The summed E-state index contributed by atoms with van der Waals surface area (Å²) in [4.78, 5) is 15.2. The lowest BCUT2D eigenvalue weighted by Gasteiger charge is -2.37. The minimum Gasteiger partial charge on any atom is -0.299 e. The highest BCUT2D eigenvalue weighted by atomic mass is 32.1. The summed E-state index contributed by atoms with van der Waals surface area (Å²) in [6.45, 7) is 8.95. The number of carbonyl (C=O) groups is 1. The molecule has 0 saturated heterocycles. The Labute approximate surface area is 121 Å². The van der Waals surface area contributed by atoms with Gasteiger partial charge < -0.3 is 0 Å². The molecule has 1 aliphatic rings. The van der Waals surface area contributed by atoms with Gasteiger partial charge in [0.05, 0.1) is 0 Å². The minimum absolute atomic E-state index is 0.104. The fourth-order valence-electron chi connectivity index (χ4n) is 3.31. The second kappa shape index (κ2) is 5.78. The number of aryl methyl sites for hydroxylation is 1. The van der Waals surface area contributed by atoms with Crippen LogP contribution in [0.5, 0.6) is 0 Å². The van der Waals surface area contributed by atoms with Crippen molar-refractivity contribution in [1.29, 1.82) is 0 Å². The zero-order valence-corrected chi connectivity index (χ0v) is 13.5. The molecule has 0 aliphatic heterocycles. The van der Waals surface area contributed by atoms with E-state index in [0.717, 1.165) is 25.7 Å². The highest BCUT2D eigenvalue weighted by Gasteiger charge is 2.38. The van der Waals surface area contributed by atoms with E-state index in [1.54, 1.807) is 0 Å². The normalized spacial score (nSPS) is 24.7. The lowest BCUT2D eigenvalue weighted by Crippen LogP contribution is -2.36. The molecule has 106 valence electrons. The zero-order valence-electron chi connectivity index (χ0n) is 12.7. The standard InChI is InChI=1S/C17H26OS/c1-5-13-7-8-14(19-13)11-17(3,4)15-9-6-12(2)10-16(15)18/h7-8,12,15H,5-6,9-11H2,1-4H3. The molecule has 1 aromatic rings. The Kier molecular flexibility index (Phi) is 4.50. The average molecular weight is 278 g/mol. The maximum absolute atomic E-state index is 12.3. The van der Waals surface area contributed by atoms with E-state index >= 15 is 0 Å². The second-order valence-corrected chi connectivity index (χ2v) is 8.05. The molecule has 1 nitrogen and oxygen atoms in total. The van der Waals surface area contributed by atoms with Gasteiger partial charge in [-0.1, -0.05) is 27.7 Å². The molecule has 2 rings (SSSR count). The van der Waals surface area contributed by atoms with Crippen LogP contribution in [0.25, 0.3) is 0 Å². The first kappa shape index (κ1) is 14.8. The van der Waals surface area contributed by atoms with E-state index in [4.69, 9.17) is 0 Å². The number of Topliss-reactive ketones (excluding diaryl/α,β-unsaturated/α-hetero) is 1. The number of carbonyl (C=O) groups excluding carboxylic acids is 1. The highest BCUT2D eigenvalue weighted by molar-refractivity contribution is 7.11. The predicted octanol–water partition coefficient (Wildman–Crippen LogP) is 4.88. The lowest BCUT2D eigenvalue weighted by atomic mass is 9.67. The summed E-state index contributed by atoms with van der Waals surface area (Å²) < 4.78 is 0. The van der Waals surface area contributed by atoms with E-state index in [0.29, 0.717) is 11.7 Å². The van der Waals surface area contributed by atoms with Crippen LogP contribution in [0, 0.1) is 17.3 Å². The number of rotatable bonds is 4. The Morgan fingerprint density at radius 1 is 1.26 bits per heavy atom. The summed E-state index contributed by atoms with van der Waals surface area (Å²) in [6.07, 6.45) is 5.25. The first-order valence-electron chi connectivity index (χ1n) is 7.52. The molecule has 1 aromatic heterocycles. The Morgan fingerprint density at radius 3 is 2.53 bits per heavy atom. The molecule has 2 heteroatoms. The number of ketones is 1. The van der Waals surface area contributed by atoms with Crippen LogP contribution in [0.1, 0.15) is 56.7 Å². The van der Waals surface area contributed by atoms with Crippen LogP contribution in [-0.4, -0.2) is 5.78 Å². The van der Waals surface area contributed by atoms with Crippen molar-refractivity contribution in [2.45, 2.75) is 59.8 Å². The number of hydrogen-bond acceptors (Lipinski definition) is 2. The van der Waals surface area contributed by atoms with Crippen molar-refractivity contribution in [1.82, 2.24) is 0 Å². The third-order valence-corrected chi connectivity index (χ3v) is 5.75. The lowest BCUT2D eigenvalue weighted by molar-refractivity contribution is -0.129. The molecule has 0 aromatic carbocycles. The molecule has 0 N–H and O–H groups in total. The predicted molar refractivity (Wildman–Crippen MR) is 82.7 cm³/mol. The Bertz CT molecular complexity index is 444. The van der Waals surface area contributed by atoms with E-state index < -0.39 is 0 Å². The average Bonchev–Trinajstić information content (AvgIpc) is 2.75. The van der Waals surface area contributed by atoms with Gasteiger partial charge in [0.1, 0.15) is 5.78 Å². The summed E-state index contributed by atoms with van der Waals surface area (Å²) in [5.74, 6) is 1.35. The van der Waals surface area contributed by atoms with Crippen LogP contribution in [0.4, 0.5) is 0 Å². The van der Waals surface area contributed by atoms with E-state index in [9.17, 15) is 4.79 Å². The summed E-state index contributed by atoms with van der Waals surface area (Å²) in [6, 6.07) is 4.49. The third-order valence-electron chi connectivity index (χ3n) is 4.53. The maximum atomic E-state index is 12.3. The molecular formula is C17H26OS. The van der Waals surface area contributed by atoms with Gasteiger partial charge in [0.25, 0.3) is 0 Å². The molecular weight excluding hydrogens is 252 g/mol. The van der Waals surface area contributed by atoms with Crippen molar-refractivity contribution in [2.24, 2.45) is 17.3 Å². The van der Waals surface area contributed by atoms with Gasteiger partial charge in [-0.2, -0.15) is 0 Å². The van der Waals surface area contributed by atoms with Crippen LogP contribution in [0.2, 0.25) is 0 Å². The summed E-state index contributed by atoms with van der Waals surface area (Å²) >= 11 is 1.91. The van der Waals surface area contributed by atoms with Gasteiger partial charge >= 0.3 is 0 Å². The van der Waals surface area contributed by atoms with Crippen molar-refractivity contribution < 1.29 is 4.79 Å². The molecule has 0 spiro atoms. The molecule has 2 unspecified atom stereocenters. The van der Waals surface area contributed by atoms with E-state index in [-0.39, 0.29) is 11.3 Å². The fourth-order valence-corrected chi connectivity index (χ4v) is 4.50. The summed E-state index contributed by atoms with van der Waals surface area (Å²) in [7, 11) is 0. The molecule has 1 saturated carbocycles. The first-order chi connectivity index (χ1) is 8.92. The van der Waals surface area contributed by atoms with Crippen LogP contribution < -0.4 is 0 Å². The summed E-state index contributed by atoms with van der Waals surface area (Å²) in [5.41, 5.74) is 0.104. The fraction of sp³-hybridized carbons (Fsp3) is 0.706. The van der Waals surface area contributed by atoms with Crippen molar-refractivity contribution in [3.8, 4) is 0 Å². The molecule has 19 heavy (non-hydrogen) atoms. The van der Waals surface area contributed by atoms with Gasteiger partial charge in [-0.15, -0.1) is 11.3 Å². The maximum Gasteiger partial charge on any atom is 0.136 e. The largest absolute Gasteiger partial charge is 0.299 e. The Morgan fingerprint density at radius 2 is 1.95 bits per heavy atom. The summed E-state index contributed by atoms with van der Waals surface area (Å²) in [5, 5.41) is 0. The van der Waals surface area contributed by atoms with Gasteiger partial charge in [0.15, 0.2) is 0 Å². The topological polar surface area (TPSA) is 17.1 Å². The molecule has 2 atom stereocenters. The molecule has 1 fully saturated rings. The Hall–Kier alpha value is -0.630. The van der Waals surface area contributed by atoms with Crippen molar-refractivity contribution in [3.05, 3.63) is 21.9 Å². The zero-order chi connectivity index (χ0) is 14.0. The molecule has 0 bridgehead atoms. The van der Waals surface area contributed by atoms with Crippen molar-refractivity contribution >= 4 is 17.1 Å². The van der Waals surface area contributed by atoms with E-state index in [2.05, 4.69) is 39.8 Å².